The van der Waals surface area contributed by atoms with Gasteiger partial charge in [-0.15, -0.1) is 11.3 Å². The third-order valence-electron chi connectivity index (χ3n) is 2.18. The highest BCUT2D eigenvalue weighted by Crippen LogP contribution is 2.41. The molecular weight excluding hydrogens is 252 g/mol. The quantitative estimate of drug-likeness (QED) is 0.773. The van der Waals surface area contributed by atoms with Crippen LogP contribution in [0, 0.1) is 11.3 Å². The monoisotopic (exact) mass is 256 g/mol. The molecule has 2 rings (SSSR count). The van der Waals surface area contributed by atoms with Crippen LogP contribution in [-0.2, 0) is 10.2 Å². The van der Waals surface area contributed by atoms with Gasteiger partial charge in [0.2, 0.25) is 0 Å². The van der Waals surface area contributed by atoms with E-state index < -0.39 is 5.41 Å². The number of carbonyl (C=O) groups is 1. The Bertz CT molecular complexity index is 399. The zero-order valence-corrected chi connectivity index (χ0v) is 8.98. The van der Waals surface area contributed by atoms with Gasteiger partial charge in [0.1, 0.15) is 11.2 Å². The molecule has 0 aromatic carbocycles. The van der Waals surface area contributed by atoms with Gasteiger partial charge in [-0.3, -0.25) is 4.79 Å². The summed E-state index contributed by atoms with van der Waals surface area (Å²) in [5, 5.41) is 10.8. The highest BCUT2D eigenvalue weighted by molar-refractivity contribution is 9.11. The lowest BCUT2D eigenvalue weighted by atomic mass is 9.67. The van der Waals surface area contributed by atoms with E-state index in [0.717, 1.165) is 9.61 Å². The van der Waals surface area contributed by atoms with Gasteiger partial charge in [-0.05, 0) is 15.9 Å². The maximum absolute atomic E-state index is 10.9. The summed E-state index contributed by atoms with van der Waals surface area (Å²) in [7, 11) is 0. The van der Waals surface area contributed by atoms with E-state index in [-0.39, 0.29) is 5.78 Å². The van der Waals surface area contributed by atoms with E-state index in [1.807, 2.05) is 5.38 Å². The zero-order valence-electron chi connectivity index (χ0n) is 6.58. The van der Waals surface area contributed by atoms with E-state index in [1.54, 1.807) is 0 Å². The minimum absolute atomic E-state index is 0.144. The van der Waals surface area contributed by atoms with Crippen LogP contribution in [-0.4, -0.2) is 10.8 Å². The molecular formula is C8H5BrN2OS. The molecule has 5 heteroatoms. The van der Waals surface area contributed by atoms with Crippen LogP contribution in [0.4, 0.5) is 0 Å². The number of Topliss-reactive ketones (excluding diaryl/α,β-unsaturated/α-hetero) is 1. The topological polar surface area (TPSA) is 53.8 Å². The van der Waals surface area contributed by atoms with Gasteiger partial charge >= 0.3 is 0 Å². The minimum atomic E-state index is -0.625. The van der Waals surface area contributed by atoms with E-state index in [2.05, 4.69) is 27.0 Å². The molecule has 1 aliphatic carbocycles. The van der Waals surface area contributed by atoms with Crippen LogP contribution in [0.5, 0.6) is 0 Å². The smallest absolute Gasteiger partial charge is 0.159 e. The molecule has 0 N–H and O–H groups in total. The highest BCUT2D eigenvalue weighted by atomic mass is 79.9. The third-order valence-corrected chi connectivity index (χ3v) is 3.54. The Labute approximate surface area is 87.5 Å². The van der Waals surface area contributed by atoms with Crippen molar-refractivity contribution < 1.29 is 4.79 Å². The van der Waals surface area contributed by atoms with Crippen LogP contribution in [0.3, 0.4) is 0 Å². The van der Waals surface area contributed by atoms with E-state index in [0.29, 0.717) is 12.8 Å². The number of nitrogens with zero attached hydrogens (tertiary/aromatic N) is 2. The van der Waals surface area contributed by atoms with Crippen LogP contribution < -0.4 is 0 Å². The molecule has 3 nitrogen and oxygen atoms in total. The fourth-order valence-corrected chi connectivity index (χ4v) is 2.52. The van der Waals surface area contributed by atoms with Gasteiger partial charge in [-0.2, -0.15) is 5.26 Å². The molecule has 0 aliphatic heterocycles. The molecule has 1 fully saturated rings. The predicted molar refractivity (Wildman–Crippen MR) is 51.3 cm³/mol. The maximum atomic E-state index is 10.9. The molecule has 13 heavy (non-hydrogen) atoms. The molecule has 1 aromatic heterocycles. The molecule has 1 saturated carbocycles. The fourth-order valence-electron chi connectivity index (χ4n) is 1.41. The molecule has 1 heterocycles. The van der Waals surface area contributed by atoms with Crippen molar-refractivity contribution >= 4 is 33.0 Å². The molecule has 1 aliphatic rings. The molecule has 0 amide bonds. The first kappa shape index (κ1) is 8.85. The van der Waals surface area contributed by atoms with Crippen molar-refractivity contribution in [1.82, 2.24) is 4.98 Å². The van der Waals surface area contributed by atoms with Crippen molar-refractivity contribution in [2.45, 2.75) is 18.3 Å². The number of thiazole rings is 1. The minimum Gasteiger partial charge on any atom is -0.300 e. The largest absolute Gasteiger partial charge is 0.300 e. The highest BCUT2D eigenvalue weighted by Gasteiger charge is 2.47. The van der Waals surface area contributed by atoms with E-state index >= 15 is 0 Å². The van der Waals surface area contributed by atoms with Crippen molar-refractivity contribution in [2.24, 2.45) is 0 Å². The number of ketones is 1. The van der Waals surface area contributed by atoms with Gasteiger partial charge in [0.15, 0.2) is 3.92 Å². The summed E-state index contributed by atoms with van der Waals surface area (Å²) in [4.78, 5) is 15.0. The summed E-state index contributed by atoms with van der Waals surface area (Å²) in [6.07, 6.45) is 0.638. The number of aromatic nitrogens is 1. The zero-order chi connectivity index (χ0) is 9.47. The van der Waals surface area contributed by atoms with Crippen LogP contribution >= 0.6 is 27.3 Å². The Morgan fingerprint density at radius 1 is 1.69 bits per heavy atom. The normalized spacial score (nSPS) is 19.2. The maximum Gasteiger partial charge on any atom is 0.159 e. The summed E-state index contributed by atoms with van der Waals surface area (Å²) in [5.41, 5.74) is 0.103. The summed E-state index contributed by atoms with van der Waals surface area (Å²) in [6, 6.07) is 2.18. The van der Waals surface area contributed by atoms with Crippen molar-refractivity contribution in [1.29, 1.82) is 5.26 Å². The SMILES string of the molecule is N#CC1(c2csc(Br)n2)CC(=O)C1. The molecule has 0 radical (unpaired) electrons. The van der Waals surface area contributed by atoms with E-state index in [9.17, 15) is 4.79 Å². The molecule has 1 aromatic rings. The molecule has 0 spiro atoms. The summed E-state index contributed by atoms with van der Waals surface area (Å²) < 4.78 is 0.761. The lowest BCUT2D eigenvalue weighted by molar-refractivity contribution is -0.126. The van der Waals surface area contributed by atoms with Crippen LogP contribution in [0.2, 0.25) is 0 Å². The van der Waals surface area contributed by atoms with Crippen molar-refractivity contribution in [3.05, 3.63) is 15.0 Å². The van der Waals surface area contributed by atoms with Crippen molar-refractivity contribution in [3.8, 4) is 6.07 Å². The number of hydrogen-bond acceptors (Lipinski definition) is 4. The van der Waals surface area contributed by atoms with Gasteiger partial charge in [-0.25, -0.2) is 4.98 Å². The first-order valence-corrected chi connectivity index (χ1v) is 5.38. The lowest BCUT2D eigenvalue weighted by Crippen LogP contribution is -2.40. The van der Waals surface area contributed by atoms with Crippen LogP contribution in [0.25, 0.3) is 0 Å². The number of hydrogen-bond donors (Lipinski definition) is 0. The van der Waals surface area contributed by atoms with Crippen LogP contribution in [0.15, 0.2) is 9.30 Å². The summed E-state index contributed by atoms with van der Waals surface area (Å²) in [5.74, 6) is 0.144. The van der Waals surface area contributed by atoms with E-state index in [4.69, 9.17) is 5.26 Å². The second-order valence-corrected chi connectivity index (χ2v) is 5.21. The van der Waals surface area contributed by atoms with Gasteiger partial charge in [0.25, 0.3) is 0 Å². The standard InChI is InChI=1S/C8H5BrN2OS/c9-7-11-6(3-13-7)8(4-10)1-5(12)2-8/h3H,1-2H2. The van der Waals surface area contributed by atoms with Crippen molar-refractivity contribution in [2.75, 3.05) is 0 Å². The van der Waals surface area contributed by atoms with Gasteiger partial charge in [-0.1, -0.05) is 0 Å². The summed E-state index contributed by atoms with van der Waals surface area (Å²) in [6.45, 7) is 0. The number of nitriles is 1. The first-order valence-electron chi connectivity index (χ1n) is 3.71. The Hall–Kier alpha value is -0.730. The molecule has 0 unspecified atom stereocenters. The fraction of sp³-hybridized carbons (Fsp3) is 0.375. The summed E-state index contributed by atoms with van der Waals surface area (Å²) >= 11 is 4.68. The lowest BCUT2D eigenvalue weighted by Gasteiger charge is -2.31. The molecule has 0 saturated heterocycles. The Balaban J connectivity index is 2.35. The average Bonchev–Trinajstić information content (AvgIpc) is 2.46. The molecule has 0 bridgehead atoms. The van der Waals surface area contributed by atoms with Gasteiger partial charge in [0, 0.05) is 18.2 Å². The average molecular weight is 257 g/mol. The second-order valence-electron chi connectivity index (χ2n) is 3.07. The number of carbonyl (C=O) groups excluding carboxylic acids is 1. The Kier molecular flexibility index (Phi) is 1.97. The van der Waals surface area contributed by atoms with E-state index in [1.165, 1.54) is 11.3 Å². The van der Waals surface area contributed by atoms with Crippen molar-refractivity contribution in [3.63, 3.8) is 0 Å². The van der Waals surface area contributed by atoms with Crippen LogP contribution in [0.1, 0.15) is 18.5 Å². The molecule has 0 atom stereocenters. The predicted octanol–water partition coefficient (Wildman–Crippen LogP) is 2.03. The number of rotatable bonds is 1. The van der Waals surface area contributed by atoms with Gasteiger partial charge < -0.3 is 0 Å². The first-order chi connectivity index (χ1) is 6.16. The van der Waals surface area contributed by atoms with Gasteiger partial charge in [0.05, 0.1) is 11.8 Å². The second kappa shape index (κ2) is 2.89. The molecule has 66 valence electrons. The third kappa shape index (κ3) is 1.30. The number of halogens is 1. The Morgan fingerprint density at radius 2 is 2.38 bits per heavy atom. The Morgan fingerprint density at radius 3 is 2.77 bits per heavy atom.